The van der Waals surface area contributed by atoms with E-state index in [9.17, 15) is 4.79 Å². The number of para-hydroxylation sites is 1. The lowest BCUT2D eigenvalue weighted by molar-refractivity contribution is 0.136. The van der Waals surface area contributed by atoms with Gasteiger partial charge in [-0.15, -0.1) is 0 Å². The fourth-order valence-corrected chi connectivity index (χ4v) is 4.26. The van der Waals surface area contributed by atoms with Gasteiger partial charge in [-0.05, 0) is 43.5 Å². The highest BCUT2D eigenvalue weighted by Crippen LogP contribution is 2.38. The first kappa shape index (κ1) is 16.2. The number of carbonyl (C=O) groups excluding carboxylic acids is 1. The van der Waals surface area contributed by atoms with E-state index in [-0.39, 0.29) is 11.6 Å². The first-order valence-corrected chi connectivity index (χ1v) is 9.15. The zero-order chi connectivity index (χ0) is 17.1. The van der Waals surface area contributed by atoms with Crippen molar-refractivity contribution in [2.24, 2.45) is 0 Å². The maximum Gasteiger partial charge on any atom is 0.321 e. The Balaban J connectivity index is 1.42. The third kappa shape index (κ3) is 3.40. The van der Waals surface area contributed by atoms with Gasteiger partial charge in [0.05, 0.1) is 0 Å². The van der Waals surface area contributed by atoms with E-state index >= 15 is 0 Å². The number of anilines is 1. The molecule has 0 aliphatic carbocycles. The molecule has 0 aromatic heterocycles. The number of amides is 2. The van der Waals surface area contributed by atoms with E-state index in [1.807, 2.05) is 35.2 Å². The Morgan fingerprint density at radius 1 is 0.960 bits per heavy atom. The molecule has 0 radical (unpaired) electrons. The normalized spacial score (nSPS) is 23.3. The monoisotopic (exact) mass is 335 g/mol. The Labute approximate surface area is 149 Å². The molecule has 0 saturated carbocycles. The molecule has 25 heavy (non-hydrogen) atoms. The zero-order valence-corrected chi connectivity index (χ0v) is 14.5. The van der Waals surface area contributed by atoms with Crippen molar-refractivity contribution in [2.75, 3.05) is 25.0 Å². The minimum atomic E-state index is 0.0228. The zero-order valence-electron chi connectivity index (χ0n) is 14.5. The molecular formula is C21H25N3O. The van der Waals surface area contributed by atoms with Gasteiger partial charge in [-0.3, -0.25) is 4.90 Å². The van der Waals surface area contributed by atoms with E-state index in [4.69, 9.17) is 0 Å². The standard InChI is InChI=1S/C21H25N3O/c25-20(22-19-10-5-2-6-11-19)23-15-13-21(17-23)12-7-14-24(21)16-18-8-3-1-4-9-18/h1-6,8-11H,7,12-17H2,(H,22,25). The smallest absolute Gasteiger partial charge is 0.321 e. The second-order valence-corrected chi connectivity index (χ2v) is 7.20. The second-order valence-electron chi connectivity index (χ2n) is 7.20. The van der Waals surface area contributed by atoms with Crippen molar-refractivity contribution >= 4 is 11.7 Å². The summed E-state index contributed by atoms with van der Waals surface area (Å²) in [7, 11) is 0. The molecule has 2 fully saturated rings. The summed E-state index contributed by atoms with van der Waals surface area (Å²) >= 11 is 0. The van der Waals surface area contributed by atoms with Crippen LogP contribution in [0.2, 0.25) is 0 Å². The van der Waals surface area contributed by atoms with Gasteiger partial charge in [-0.1, -0.05) is 48.5 Å². The highest BCUT2D eigenvalue weighted by molar-refractivity contribution is 5.89. The van der Waals surface area contributed by atoms with Gasteiger partial charge in [0.2, 0.25) is 0 Å². The first-order chi connectivity index (χ1) is 12.3. The van der Waals surface area contributed by atoms with Crippen molar-refractivity contribution in [3.8, 4) is 0 Å². The van der Waals surface area contributed by atoms with Crippen LogP contribution in [-0.2, 0) is 6.54 Å². The molecule has 4 rings (SSSR count). The molecular weight excluding hydrogens is 310 g/mol. The number of urea groups is 1. The molecule has 2 saturated heterocycles. The van der Waals surface area contributed by atoms with Gasteiger partial charge in [0.25, 0.3) is 0 Å². The molecule has 2 aliphatic heterocycles. The van der Waals surface area contributed by atoms with Crippen LogP contribution in [0.3, 0.4) is 0 Å². The van der Waals surface area contributed by atoms with Gasteiger partial charge in [0.15, 0.2) is 0 Å². The average molecular weight is 335 g/mol. The van der Waals surface area contributed by atoms with Gasteiger partial charge >= 0.3 is 6.03 Å². The molecule has 1 spiro atoms. The van der Waals surface area contributed by atoms with Crippen LogP contribution < -0.4 is 5.32 Å². The predicted octanol–water partition coefficient (Wildman–Crippen LogP) is 3.96. The fraction of sp³-hybridized carbons (Fsp3) is 0.381. The van der Waals surface area contributed by atoms with E-state index in [2.05, 4.69) is 40.5 Å². The quantitative estimate of drug-likeness (QED) is 0.921. The molecule has 130 valence electrons. The minimum Gasteiger partial charge on any atom is -0.323 e. The van der Waals surface area contributed by atoms with Crippen molar-refractivity contribution in [2.45, 2.75) is 31.3 Å². The van der Waals surface area contributed by atoms with Crippen LogP contribution >= 0.6 is 0 Å². The third-order valence-corrected chi connectivity index (χ3v) is 5.60. The molecule has 2 amide bonds. The van der Waals surface area contributed by atoms with Gasteiger partial charge in [-0.25, -0.2) is 4.79 Å². The molecule has 1 N–H and O–H groups in total. The number of carbonyl (C=O) groups is 1. The summed E-state index contributed by atoms with van der Waals surface area (Å²) in [6.07, 6.45) is 3.48. The number of nitrogens with one attached hydrogen (secondary N) is 1. The SMILES string of the molecule is O=C(Nc1ccccc1)N1CCC2(CCCN2Cc2ccccc2)C1. The van der Waals surface area contributed by atoms with Crippen LogP contribution in [-0.4, -0.2) is 41.0 Å². The van der Waals surface area contributed by atoms with Crippen molar-refractivity contribution in [3.05, 3.63) is 66.2 Å². The van der Waals surface area contributed by atoms with Crippen molar-refractivity contribution in [3.63, 3.8) is 0 Å². The lowest BCUT2D eigenvalue weighted by atomic mass is 9.95. The summed E-state index contributed by atoms with van der Waals surface area (Å²) in [5, 5.41) is 3.02. The highest BCUT2D eigenvalue weighted by Gasteiger charge is 2.46. The number of nitrogens with zero attached hydrogens (tertiary/aromatic N) is 2. The molecule has 1 atom stereocenters. The van der Waals surface area contributed by atoms with E-state index in [1.165, 1.54) is 18.4 Å². The number of rotatable bonds is 3. The van der Waals surface area contributed by atoms with Crippen LogP contribution in [0, 0.1) is 0 Å². The van der Waals surface area contributed by atoms with Crippen LogP contribution in [0.1, 0.15) is 24.8 Å². The molecule has 0 bridgehead atoms. The van der Waals surface area contributed by atoms with Crippen molar-refractivity contribution in [1.82, 2.24) is 9.80 Å². The Morgan fingerprint density at radius 3 is 2.44 bits per heavy atom. The van der Waals surface area contributed by atoms with Crippen molar-refractivity contribution < 1.29 is 4.79 Å². The summed E-state index contributed by atoms with van der Waals surface area (Å²) < 4.78 is 0. The summed E-state index contributed by atoms with van der Waals surface area (Å²) in [4.78, 5) is 17.2. The van der Waals surface area contributed by atoms with E-state index < -0.39 is 0 Å². The average Bonchev–Trinajstić information content (AvgIpc) is 3.25. The Kier molecular flexibility index (Phi) is 4.45. The highest BCUT2D eigenvalue weighted by atomic mass is 16.2. The van der Waals surface area contributed by atoms with Gasteiger partial charge < -0.3 is 10.2 Å². The lowest BCUT2D eigenvalue weighted by Crippen LogP contribution is -2.46. The Morgan fingerprint density at radius 2 is 1.68 bits per heavy atom. The predicted molar refractivity (Wildman–Crippen MR) is 100 cm³/mol. The van der Waals surface area contributed by atoms with Crippen LogP contribution in [0.5, 0.6) is 0 Å². The Bertz CT molecular complexity index is 718. The van der Waals surface area contributed by atoms with Crippen LogP contribution in [0.4, 0.5) is 10.5 Å². The van der Waals surface area contributed by atoms with E-state index in [0.717, 1.165) is 38.3 Å². The first-order valence-electron chi connectivity index (χ1n) is 9.15. The third-order valence-electron chi connectivity index (χ3n) is 5.60. The topological polar surface area (TPSA) is 35.6 Å². The summed E-state index contributed by atoms with van der Waals surface area (Å²) in [6.45, 7) is 3.78. The molecule has 4 heteroatoms. The van der Waals surface area contributed by atoms with Gasteiger partial charge in [-0.2, -0.15) is 0 Å². The summed E-state index contributed by atoms with van der Waals surface area (Å²) in [6, 6.07) is 20.4. The van der Waals surface area contributed by atoms with E-state index in [1.54, 1.807) is 0 Å². The molecule has 2 aromatic rings. The summed E-state index contributed by atoms with van der Waals surface area (Å²) in [5.41, 5.74) is 2.38. The maximum atomic E-state index is 12.6. The molecule has 2 aliphatic rings. The van der Waals surface area contributed by atoms with Gasteiger partial charge in [0.1, 0.15) is 0 Å². The lowest BCUT2D eigenvalue weighted by Gasteiger charge is -2.35. The molecule has 2 aromatic carbocycles. The Hall–Kier alpha value is -2.33. The largest absolute Gasteiger partial charge is 0.323 e. The van der Waals surface area contributed by atoms with Crippen LogP contribution in [0.15, 0.2) is 60.7 Å². The number of hydrogen-bond acceptors (Lipinski definition) is 2. The maximum absolute atomic E-state index is 12.6. The van der Waals surface area contributed by atoms with Crippen molar-refractivity contribution in [1.29, 1.82) is 0 Å². The number of hydrogen-bond donors (Lipinski definition) is 1. The molecule has 2 heterocycles. The van der Waals surface area contributed by atoms with Gasteiger partial charge in [0, 0.05) is 30.9 Å². The minimum absolute atomic E-state index is 0.0228. The van der Waals surface area contributed by atoms with E-state index in [0.29, 0.717) is 0 Å². The van der Waals surface area contributed by atoms with Crippen LogP contribution in [0.25, 0.3) is 0 Å². The summed E-state index contributed by atoms with van der Waals surface area (Å²) in [5.74, 6) is 0. The number of likely N-dealkylation sites (tertiary alicyclic amines) is 2. The molecule has 1 unspecified atom stereocenters. The number of benzene rings is 2. The second kappa shape index (κ2) is 6.89. The fourth-order valence-electron chi connectivity index (χ4n) is 4.26. The molecule has 4 nitrogen and oxygen atoms in total.